The fourth-order valence-corrected chi connectivity index (χ4v) is 3.79. The second-order valence-electron chi connectivity index (χ2n) is 7.79. The highest BCUT2D eigenvalue weighted by Crippen LogP contribution is 2.41. The maximum Gasteiger partial charge on any atom is 0.328 e. The molecule has 0 radical (unpaired) electrons. The molecule has 1 aliphatic rings. The maximum absolute atomic E-state index is 13.2. The van der Waals surface area contributed by atoms with Crippen molar-refractivity contribution in [2.75, 3.05) is 42.6 Å². The first-order chi connectivity index (χ1) is 18.1. The van der Waals surface area contributed by atoms with Gasteiger partial charge in [-0.25, -0.2) is 14.4 Å². The largest absolute Gasteiger partial charge is 0.478 e. The lowest BCUT2D eigenvalue weighted by atomic mass is 10.1. The van der Waals surface area contributed by atoms with Crippen LogP contribution >= 0.6 is 11.6 Å². The molecule has 1 amide bonds. The molecule has 5 N–H and O–H groups in total. The van der Waals surface area contributed by atoms with Crippen molar-refractivity contribution in [2.24, 2.45) is 0 Å². The Balaban J connectivity index is 0.000000550. The Morgan fingerprint density at radius 3 is 2.13 bits per heavy atom. The summed E-state index contributed by atoms with van der Waals surface area (Å²) in [4.78, 5) is 46.5. The first kappa shape index (κ1) is 30.0. The van der Waals surface area contributed by atoms with Gasteiger partial charge in [-0.05, 0) is 43.3 Å². The number of carbonyl (C=O) groups is 4. The van der Waals surface area contributed by atoms with Gasteiger partial charge in [-0.3, -0.25) is 4.79 Å². The zero-order chi connectivity index (χ0) is 28.1. The highest BCUT2D eigenvalue weighted by atomic mass is 35.5. The van der Waals surface area contributed by atoms with E-state index in [2.05, 4.69) is 10.2 Å². The minimum Gasteiger partial charge on any atom is -0.478 e. The Morgan fingerprint density at radius 1 is 0.842 bits per heavy atom. The standard InChI is InChI=1S/C22H24ClN3O4.C4H4O4/c23-16-8-9-19-20(15-16)25(12-4-11-24-10-3-7-21(28)29)18-6-2-1-5-17(18)22(30)26(19)13-14-27;5-3(6)1-2-4(7)8/h1-3,5-9,15,24,27H,4,10-14H2,(H,28,29);1-2H,(H,5,6)(H,7,8)/b7-3+;2-1-. The number of aliphatic hydroxyl groups is 1. The van der Waals surface area contributed by atoms with Gasteiger partial charge in [0.25, 0.3) is 5.91 Å². The summed E-state index contributed by atoms with van der Waals surface area (Å²) in [5.74, 6) is -3.65. The van der Waals surface area contributed by atoms with Crippen molar-refractivity contribution in [2.45, 2.75) is 6.42 Å². The highest BCUT2D eigenvalue weighted by Gasteiger charge is 2.30. The van der Waals surface area contributed by atoms with E-state index in [1.807, 2.05) is 24.3 Å². The molecular weight excluding hydrogens is 518 g/mol. The van der Waals surface area contributed by atoms with Crippen LogP contribution in [-0.4, -0.2) is 77.0 Å². The van der Waals surface area contributed by atoms with Gasteiger partial charge < -0.3 is 35.5 Å². The Hall–Kier alpha value is -4.19. The summed E-state index contributed by atoms with van der Waals surface area (Å²) in [6.07, 6.45) is 4.54. The van der Waals surface area contributed by atoms with E-state index < -0.39 is 17.9 Å². The van der Waals surface area contributed by atoms with Crippen molar-refractivity contribution in [1.29, 1.82) is 0 Å². The van der Waals surface area contributed by atoms with Crippen molar-refractivity contribution in [3.8, 4) is 0 Å². The smallest absolute Gasteiger partial charge is 0.328 e. The number of hydrogen-bond donors (Lipinski definition) is 5. The van der Waals surface area contributed by atoms with E-state index in [4.69, 9.17) is 26.9 Å². The molecule has 0 aliphatic carbocycles. The van der Waals surface area contributed by atoms with Crippen molar-refractivity contribution in [3.05, 3.63) is 77.4 Å². The van der Waals surface area contributed by atoms with Gasteiger partial charge in [-0.1, -0.05) is 29.8 Å². The van der Waals surface area contributed by atoms with Crippen LogP contribution in [0.25, 0.3) is 0 Å². The van der Waals surface area contributed by atoms with Crippen LogP contribution in [0.1, 0.15) is 16.8 Å². The molecule has 202 valence electrons. The number of aliphatic hydroxyl groups excluding tert-OH is 1. The van der Waals surface area contributed by atoms with Gasteiger partial charge in [-0.15, -0.1) is 0 Å². The summed E-state index contributed by atoms with van der Waals surface area (Å²) >= 11 is 6.28. The number of nitrogens with one attached hydrogen (secondary N) is 1. The van der Waals surface area contributed by atoms with Gasteiger partial charge in [0, 0.05) is 42.9 Å². The number of halogens is 1. The van der Waals surface area contributed by atoms with Crippen LogP contribution < -0.4 is 15.1 Å². The lowest BCUT2D eigenvalue weighted by molar-refractivity contribution is -0.134. The Morgan fingerprint density at radius 2 is 1.50 bits per heavy atom. The molecule has 0 bridgehead atoms. The predicted molar refractivity (Wildman–Crippen MR) is 142 cm³/mol. The zero-order valence-corrected chi connectivity index (χ0v) is 21.0. The average Bonchev–Trinajstić information content (AvgIpc) is 2.96. The number of amides is 1. The SMILES string of the molecule is O=C(O)/C=C/CNCCCN1c2ccccc2C(=O)N(CCO)c2ccc(Cl)cc21.O=C(O)/C=C\C(=O)O. The summed E-state index contributed by atoms with van der Waals surface area (Å²) in [6.45, 7) is 1.80. The lowest BCUT2D eigenvalue weighted by Gasteiger charge is -2.27. The van der Waals surface area contributed by atoms with Crippen LogP contribution in [0.2, 0.25) is 5.02 Å². The second kappa shape index (κ2) is 15.2. The fraction of sp³-hybridized carbons (Fsp3) is 0.231. The van der Waals surface area contributed by atoms with Crippen molar-refractivity contribution >= 4 is 52.5 Å². The molecule has 3 rings (SSSR count). The molecule has 2 aromatic carbocycles. The Kier molecular flexibility index (Phi) is 12.0. The van der Waals surface area contributed by atoms with E-state index in [0.717, 1.165) is 23.9 Å². The van der Waals surface area contributed by atoms with E-state index in [9.17, 15) is 24.3 Å². The van der Waals surface area contributed by atoms with Crippen LogP contribution in [0, 0.1) is 0 Å². The third-order valence-corrected chi connectivity index (χ3v) is 5.37. The molecule has 0 saturated carbocycles. The Bertz CT molecular complexity index is 1200. The maximum atomic E-state index is 13.2. The molecule has 0 fully saturated rings. The highest BCUT2D eigenvalue weighted by molar-refractivity contribution is 6.31. The number of β-amino-alcohol motifs (C(OH)–C–C–N with tert-alkyl or cyclic N) is 1. The minimum atomic E-state index is -1.26. The molecule has 0 spiro atoms. The molecule has 38 heavy (non-hydrogen) atoms. The van der Waals surface area contributed by atoms with Crippen LogP contribution in [-0.2, 0) is 14.4 Å². The van der Waals surface area contributed by atoms with E-state index in [-0.39, 0.29) is 19.1 Å². The molecule has 1 heterocycles. The van der Waals surface area contributed by atoms with E-state index in [1.54, 1.807) is 29.2 Å². The summed E-state index contributed by atoms with van der Waals surface area (Å²) in [6, 6.07) is 12.8. The zero-order valence-electron chi connectivity index (χ0n) is 20.3. The van der Waals surface area contributed by atoms with Crippen molar-refractivity contribution in [1.82, 2.24) is 5.32 Å². The van der Waals surface area contributed by atoms with Gasteiger partial charge in [-0.2, -0.15) is 0 Å². The first-order valence-electron chi connectivity index (χ1n) is 11.5. The number of para-hydroxylation sites is 1. The molecular formula is C26H28ClN3O8. The number of hydrogen-bond acceptors (Lipinski definition) is 7. The van der Waals surface area contributed by atoms with Crippen molar-refractivity contribution in [3.63, 3.8) is 0 Å². The minimum absolute atomic E-state index is 0.149. The van der Waals surface area contributed by atoms with E-state index >= 15 is 0 Å². The first-order valence-corrected chi connectivity index (χ1v) is 11.9. The number of aliphatic carboxylic acids is 3. The van der Waals surface area contributed by atoms with Crippen LogP contribution in [0.15, 0.2) is 66.8 Å². The van der Waals surface area contributed by atoms with E-state index in [0.29, 0.717) is 48.1 Å². The molecule has 11 nitrogen and oxygen atoms in total. The fourth-order valence-electron chi connectivity index (χ4n) is 3.63. The summed E-state index contributed by atoms with van der Waals surface area (Å²) < 4.78 is 0. The predicted octanol–water partition coefficient (Wildman–Crippen LogP) is 2.76. The topological polar surface area (TPSA) is 168 Å². The van der Waals surface area contributed by atoms with E-state index in [1.165, 1.54) is 0 Å². The van der Waals surface area contributed by atoms with Crippen LogP contribution in [0.5, 0.6) is 0 Å². The number of fused-ring (bicyclic) bond motifs is 2. The molecule has 1 aliphatic heterocycles. The monoisotopic (exact) mass is 545 g/mol. The number of benzene rings is 2. The van der Waals surface area contributed by atoms with Gasteiger partial charge in [0.1, 0.15) is 0 Å². The normalized spacial score (nSPS) is 12.5. The number of nitrogens with zero attached hydrogens (tertiary/aromatic N) is 2. The Labute approximate surface area is 223 Å². The van der Waals surface area contributed by atoms with Gasteiger partial charge in [0.05, 0.1) is 29.2 Å². The quantitative estimate of drug-likeness (QED) is 0.209. The average molecular weight is 546 g/mol. The van der Waals surface area contributed by atoms with Crippen LogP contribution in [0.3, 0.4) is 0 Å². The number of carboxylic acids is 3. The molecule has 0 aromatic heterocycles. The lowest BCUT2D eigenvalue weighted by Crippen LogP contribution is -2.33. The third-order valence-electron chi connectivity index (χ3n) is 5.14. The van der Waals surface area contributed by atoms with Gasteiger partial charge in [0.2, 0.25) is 0 Å². The summed E-state index contributed by atoms with van der Waals surface area (Å²) in [5, 5.41) is 37.5. The van der Waals surface area contributed by atoms with Crippen LogP contribution in [0.4, 0.5) is 17.1 Å². The number of carbonyl (C=O) groups excluding carboxylic acids is 1. The third kappa shape index (κ3) is 9.04. The molecule has 2 aromatic rings. The number of carboxylic acid groups (broad SMARTS) is 3. The summed E-state index contributed by atoms with van der Waals surface area (Å²) in [7, 11) is 0. The van der Waals surface area contributed by atoms with Gasteiger partial charge >= 0.3 is 17.9 Å². The molecule has 12 heteroatoms. The second-order valence-corrected chi connectivity index (χ2v) is 8.23. The number of rotatable bonds is 11. The van der Waals surface area contributed by atoms with Gasteiger partial charge in [0.15, 0.2) is 0 Å². The summed E-state index contributed by atoms with van der Waals surface area (Å²) in [5.41, 5.74) is 2.86. The molecule has 0 atom stereocenters. The number of anilines is 3. The van der Waals surface area contributed by atoms with Crippen molar-refractivity contribution < 1.29 is 39.6 Å². The molecule has 0 saturated heterocycles. The molecule has 0 unspecified atom stereocenters.